The first-order valence-electron chi connectivity index (χ1n) is 18.7. The second-order valence-corrected chi connectivity index (χ2v) is 13.9. The van der Waals surface area contributed by atoms with Gasteiger partial charge in [-0.15, -0.1) is 0 Å². The molecule has 1 heterocycles. The van der Waals surface area contributed by atoms with Gasteiger partial charge in [0.25, 0.3) is 0 Å². The molecule has 1 aromatic heterocycles. The number of rotatable bonds is 8. The van der Waals surface area contributed by atoms with Crippen LogP contribution in [-0.2, 0) is 0 Å². The summed E-state index contributed by atoms with van der Waals surface area (Å²) in [4.78, 5) is 9.62. The molecule has 2 heteroatoms. The summed E-state index contributed by atoms with van der Waals surface area (Å²) in [5.41, 5.74) is 12.8. The molecular weight excluding hydrogens is 665 g/mol. The third kappa shape index (κ3) is 6.67. The van der Waals surface area contributed by atoms with Gasteiger partial charge in [-0.1, -0.05) is 170 Å². The van der Waals surface area contributed by atoms with Crippen LogP contribution in [0.25, 0.3) is 77.0 Å². The van der Waals surface area contributed by atoms with Crippen LogP contribution in [0.15, 0.2) is 212 Å². The number of pyridine rings is 1. The molecule has 0 bridgehead atoms. The van der Waals surface area contributed by atoms with Crippen molar-refractivity contribution in [3.05, 3.63) is 224 Å². The topological polar surface area (TPSA) is 25.2 Å². The van der Waals surface area contributed by atoms with Gasteiger partial charge in [-0.05, 0) is 108 Å². The minimum Gasteiger partial charge on any atom is -0.264 e. The Bertz CT molecular complexity index is 2860. The number of aliphatic imine (C=N–C) groups is 1. The summed E-state index contributed by atoms with van der Waals surface area (Å²) in [6.45, 7) is 6.72. The van der Waals surface area contributed by atoms with Crippen molar-refractivity contribution in [2.75, 3.05) is 0 Å². The number of aromatic nitrogens is 1. The fourth-order valence-electron chi connectivity index (χ4n) is 7.69. The highest BCUT2D eigenvalue weighted by Crippen LogP contribution is 2.44. The molecule has 0 spiro atoms. The lowest BCUT2D eigenvalue weighted by Gasteiger charge is -2.18. The molecule has 0 amide bonds. The first kappa shape index (κ1) is 33.7. The summed E-state index contributed by atoms with van der Waals surface area (Å²) in [6.07, 6.45) is 5.88. The molecule has 0 fully saturated rings. The van der Waals surface area contributed by atoms with Gasteiger partial charge in [-0.2, -0.15) is 0 Å². The summed E-state index contributed by atoms with van der Waals surface area (Å²) >= 11 is 0. The molecule has 0 radical (unpaired) electrons. The average molecular weight is 703 g/mol. The maximum absolute atomic E-state index is 5.29. The van der Waals surface area contributed by atoms with Crippen LogP contribution < -0.4 is 0 Å². The molecule has 0 unspecified atom stereocenters. The lowest BCUT2D eigenvalue weighted by Crippen LogP contribution is -2.00. The van der Waals surface area contributed by atoms with Crippen molar-refractivity contribution in [2.24, 2.45) is 4.99 Å². The first-order chi connectivity index (χ1) is 27.1. The van der Waals surface area contributed by atoms with Crippen LogP contribution in [0.2, 0.25) is 0 Å². The minimum absolute atomic E-state index is 0.699. The Hall–Kier alpha value is -7.16. The second kappa shape index (κ2) is 14.7. The van der Waals surface area contributed by atoms with Crippen LogP contribution in [0.5, 0.6) is 0 Å². The highest BCUT2D eigenvalue weighted by Gasteiger charge is 2.17. The Balaban J connectivity index is 1.16. The fourth-order valence-corrected chi connectivity index (χ4v) is 7.69. The van der Waals surface area contributed by atoms with E-state index in [9.17, 15) is 0 Å². The van der Waals surface area contributed by atoms with Crippen molar-refractivity contribution in [2.45, 2.75) is 6.92 Å². The number of benzene rings is 8. The molecule has 0 aliphatic carbocycles. The highest BCUT2D eigenvalue weighted by atomic mass is 14.8. The van der Waals surface area contributed by atoms with Crippen molar-refractivity contribution in [3.63, 3.8) is 0 Å². The van der Waals surface area contributed by atoms with Crippen LogP contribution >= 0.6 is 0 Å². The molecule has 0 aliphatic rings. The Morgan fingerprint density at radius 1 is 0.473 bits per heavy atom. The number of allylic oxidation sites excluding steroid dienone is 2. The Morgan fingerprint density at radius 2 is 1.05 bits per heavy atom. The molecule has 9 rings (SSSR count). The van der Waals surface area contributed by atoms with Gasteiger partial charge in [0.15, 0.2) is 0 Å². The zero-order chi connectivity index (χ0) is 37.1. The summed E-state index contributed by atoms with van der Waals surface area (Å²) in [5, 5.41) is 7.34. The van der Waals surface area contributed by atoms with E-state index in [1.54, 1.807) is 6.20 Å². The van der Waals surface area contributed by atoms with E-state index in [1.807, 2.05) is 12.3 Å². The highest BCUT2D eigenvalue weighted by molar-refractivity contribution is 6.21. The third-order valence-corrected chi connectivity index (χ3v) is 10.5. The van der Waals surface area contributed by atoms with Gasteiger partial charge in [0.1, 0.15) is 0 Å². The van der Waals surface area contributed by atoms with Crippen molar-refractivity contribution in [1.82, 2.24) is 4.98 Å². The maximum Gasteiger partial charge on any atom is 0.0712 e. The smallest absolute Gasteiger partial charge is 0.0712 e. The standard InChI is InChI=1S/C53H38N2/c1-36(42-30-27-38-14-6-7-17-44(38)33-42)32-51(40-28-25-39(26-29-40)46-20-13-31-54-35-46)55-37(2)43-18-12-19-45(34-43)53-49-23-10-8-21-47(49)52(41-15-4-3-5-16-41)48-22-9-11-24-50(48)53/h3-35H,2H2,1H3/b36-32+,55-51+. The van der Waals surface area contributed by atoms with E-state index in [1.165, 1.54) is 49.0 Å². The lowest BCUT2D eigenvalue weighted by atomic mass is 9.85. The van der Waals surface area contributed by atoms with Gasteiger partial charge in [-0.3, -0.25) is 4.98 Å². The van der Waals surface area contributed by atoms with Crippen LogP contribution in [0.4, 0.5) is 0 Å². The Kier molecular flexibility index (Phi) is 8.99. The minimum atomic E-state index is 0.699. The normalized spacial score (nSPS) is 12.0. The molecule has 260 valence electrons. The fraction of sp³-hybridized carbons (Fsp3) is 0.0189. The van der Waals surface area contributed by atoms with Crippen LogP contribution in [0, 0.1) is 0 Å². The molecule has 9 aromatic rings. The van der Waals surface area contributed by atoms with Crippen molar-refractivity contribution < 1.29 is 0 Å². The summed E-state index contributed by atoms with van der Waals surface area (Å²) in [6, 6.07) is 64.6. The molecule has 0 N–H and O–H groups in total. The van der Waals surface area contributed by atoms with E-state index >= 15 is 0 Å². The van der Waals surface area contributed by atoms with E-state index in [4.69, 9.17) is 4.99 Å². The van der Waals surface area contributed by atoms with Gasteiger partial charge in [0.2, 0.25) is 0 Å². The monoisotopic (exact) mass is 702 g/mol. The Labute approximate surface area is 322 Å². The number of hydrogen-bond acceptors (Lipinski definition) is 2. The molecule has 2 nitrogen and oxygen atoms in total. The van der Waals surface area contributed by atoms with Crippen LogP contribution in [0.3, 0.4) is 0 Å². The molecule has 0 atom stereocenters. The zero-order valence-electron chi connectivity index (χ0n) is 30.7. The molecule has 8 aromatic carbocycles. The average Bonchev–Trinajstić information content (AvgIpc) is 3.25. The van der Waals surface area contributed by atoms with Crippen molar-refractivity contribution in [1.29, 1.82) is 0 Å². The molecule has 0 aliphatic heterocycles. The third-order valence-electron chi connectivity index (χ3n) is 10.5. The maximum atomic E-state index is 5.29. The Morgan fingerprint density at radius 3 is 1.73 bits per heavy atom. The molecular formula is C53H38N2. The van der Waals surface area contributed by atoms with Gasteiger partial charge < -0.3 is 0 Å². The van der Waals surface area contributed by atoms with E-state index in [-0.39, 0.29) is 0 Å². The van der Waals surface area contributed by atoms with Crippen molar-refractivity contribution in [3.8, 4) is 33.4 Å². The van der Waals surface area contributed by atoms with Gasteiger partial charge >= 0.3 is 0 Å². The predicted molar refractivity (Wildman–Crippen MR) is 235 cm³/mol. The SMILES string of the molecule is C=C(/N=C(\C=C(/C)c1ccc2ccccc2c1)c1ccc(-c2cccnc2)cc1)c1cccc(-c2c3ccccc3c(-c3ccccc3)c3ccccc23)c1. The molecule has 0 saturated heterocycles. The van der Waals surface area contributed by atoms with Gasteiger partial charge in [0, 0.05) is 23.5 Å². The quantitative estimate of drug-likeness (QED) is 0.114. The summed E-state index contributed by atoms with van der Waals surface area (Å²) < 4.78 is 0. The largest absolute Gasteiger partial charge is 0.264 e. The van der Waals surface area contributed by atoms with Gasteiger partial charge in [-0.25, -0.2) is 4.99 Å². The summed E-state index contributed by atoms with van der Waals surface area (Å²) in [7, 11) is 0. The van der Waals surface area contributed by atoms with Crippen LogP contribution in [0.1, 0.15) is 23.6 Å². The number of hydrogen-bond donors (Lipinski definition) is 0. The molecule has 55 heavy (non-hydrogen) atoms. The predicted octanol–water partition coefficient (Wildman–Crippen LogP) is 14.1. The van der Waals surface area contributed by atoms with E-state index in [0.717, 1.165) is 44.7 Å². The van der Waals surface area contributed by atoms with Crippen LogP contribution in [-0.4, -0.2) is 10.7 Å². The van der Waals surface area contributed by atoms with E-state index in [0.29, 0.717) is 5.70 Å². The molecule has 0 saturated carbocycles. The second-order valence-electron chi connectivity index (χ2n) is 13.9. The number of nitrogens with zero attached hydrogens (tertiary/aromatic N) is 2. The van der Waals surface area contributed by atoms with E-state index in [2.05, 4.69) is 200 Å². The summed E-state index contributed by atoms with van der Waals surface area (Å²) in [5.74, 6) is 0. The van der Waals surface area contributed by atoms with Gasteiger partial charge in [0.05, 0.1) is 11.4 Å². The first-order valence-corrected chi connectivity index (χ1v) is 18.7. The number of fused-ring (bicyclic) bond motifs is 3. The zero-order valence-corrected chi connectivity index (χ0v) is 30.7. The lowest BCUT2D eigenvalue weighted by molar-refractivity contribution is 1.33. The van der Waals surface area contributed by atoms with Crippen molar-refractivity contribution >= 4 is 49.3 Å². The van der Waals surface area contributed by atoms with E-state index < -0.39 is 0 Å².